The average molecular weight is 399 g/mol. The molecule has 0 aliphatic heterocycles. The first kappa shape index (κ1) is 23.2. The fourth-order valence-electron chi connectivity index (χ4n) is 3.82. The molecule has 0 amide bonds. The molecule has 0 saturated carbocycles. The van der Waals surface area contributed by atoms with E-state index in [1.54, 1.807) is 0 Å². The van der Waals surface area contributed by atoms with Crippen LogP contribution in [-0.4, -0.2) is 0 Å². The number of rotatable bonds is 12. The molecule has 0 aliphatic carbocycles. The molecule has 0 N–H and O–H groups in total. The molecule has 4 atom stereocenters. The van der Waals surface area contributed by atoms with Crippen LogP contribution < -0.4 is 0 Å². The number of hydrogen-bond acceptors (Lipinski definition) is 1. The van der Waals surface area contributed by atoms with Crippen LogP contribution in [0.15, 0.2) is 30.3 Å². The molecule has 0 fully saturated rings. The van der Waals surface area contributed by atoms with Gasteiger partial charge in [-0.15, -0.1) is 11.3 Å². The van der Waals surface area contributed by atoms with Gasteiger partial charge in [0.25, 0.3) is 0 Å². The van der Waals surface area contributed by atoms with E-state index in [1.165, 1.54) is 65.5 Å². The van der Waals surface area contributed by atoms with E-state index < -0.39 is 0 Å². The Kier molecular flexibility index (Phi) is 9.79. The van der Waals surface area contributed by atoms with Gasteiger partial charge in [-0.1, -0.05) is 85.4 Å². The van der Waals surface area contributed by atoms with Crippen molar-refractivity contribution in [1.29, 1.82) is 0 Å². The number of allylic oxidation sites excluding steroid dienone is 1. The molecule has 156 valence electrons. The smallest absolute Gasteiger partial charge is 0.0351 e. The summed E-state index contributed by atoms with van der Waals surface area (Å²) in [6.45, 7) is 14.2. The SMILES string of the molecule is CCCc1ccc2cc(/C=C/C(C)CCC(C)C(C)CCC(C)CC)sc2c1. The predicted molar refractivity (Wildman–Crippen MR) is 130 cm³/mol. The summed E-state index contributed by atoms with van der Waals surface area (Å²) < 4.78 is 1.43. The predicted octanol–water partition coefficient (Wildman–Crippen LogP) is 9.38. The zero-order valence-electron chi connectivity index (χ0n) is 19.1. The van der Waals surface area contributed by atoms with Crippen molar-refractivity contribution in [2.75, 3.05) is 0 Å². The monoisotopic (exact) mass is 398 g/mol. The van der Waals surface area contributed by atoms with E-state index in [1.807, 2.05) is 11.3 Å². The Morgan fingerprint density at radius 1 is 0.893 bits per heavy atom. The molecule has 2 aromatic rings. The summed E-state index contributed by atoms with van der Waals surface area (Å²) in [6, 6.07) is 9.31. The van der Waals surface area contributed by atoms with Gasteiger partial charge >= 0.3 is 0 Å². The fourth-order valence-corrected chi connectivity index (χ4v) is 4.87. The standard InChI is InChI=1S/C27H42S/c1-7-9-24-15-16-25-19-26(28-27(25)18-24)17-12-21(4)11-14-23(6)22(5)13-10-20(3)8-2/h12,15-23H,7-11,13-14H2,1-6H3/b17-12+. The molecule has 28 heavy (non-hydrogen) atoms. The molecule has 4 unspecified atom stereocenters. The van der Waals surface area contributed by atoms with Gasteiger partial charge < -0.3 is 0 Å². The van der Waals surface area contributed by atoms with Gasteiger partial charge in [-0.25, -0.2) is 0 Å². The number of fused-ring (bicyclic) bond motifs is 1. The van der Waals surface area contributed by atoms with Crippen molar-refractivity contribution >= 4 is 27.5 Å². The molecular weight excluding hydrogens is 356 g/mol. The number of aryl methyl sites for hydroxylation is 1. The number of hydrogen-bond donors (Lipinski definition) is 0. The second-order valence-corrected chi connectivity index (χ2v) is 10.3. The fraction of sp³-hybridized carbons (Fsp3) is 0.630. The molecule has 1 heteroatoms. The van der Waals surface area contributed by atoms with Gasteiger partial charge in [0, 0.05) is 9.58 Å². The Balaban J connectivity index is 1.82. The molecule has 0 radical (unpaired) electrons. The van der Waals surface area contributed by atoms with Gasteiger partial charge in [-0.3, -0.25) is 0 Å². The number of benzene rings is 1. The maximum atomic E-state index is 2.46. The largest absolute Gasteiger partial charge is 0.136 e. The average Bonchev–Trinajstić information content (AvgIpc) is 3.10. The second kappa shape index (κ2) is 11.8. The van der Waals surface area contributed by atoms with E-state index in [9.17, 15) is 0 Å². The Labute approximate surface area is 178 Å². The molecule has 1 heterocycles. The minimum Gasteiger partial charge on any atom is -0.136 e. The topological polar surface area (TPSA) is 0 Å². The quantitative estimate of drug-likeness (QED) is 0.334. The zero-order valence-corrected chi connectivity index (χ0v) is 19.9. The summed E-state index contributed by atoms with van der Waals surface area (Å²) in [5.41, 5.74) is 1.47. The van der Waals surface area contributed by atoms with Gasteiger partial charge in [-0.05, 0) is 72.1 Å². The maximum absolute atomic E-state index is 2.46. The van der Waals surface area contributed by atoms with E-state index in [0.29, 0.717) is 5.92 Å². The minimum atomic E-state index is 0.657. The van der Waals surface area contributed by atoms with Crippen LogP contribution in [0.1, 0.15) is 90.5 Å². The van der Waals surface area contributed by atoms with Crippen LogP contribution in [0.25, 0.3) is 16.2 Å². The van der Waals surface area contributed by atoms with Crippen LogP contribution in [-0.2, 0) is 6.42 Å². The lowest BCUT2D eigenvalue weighted by molar-refractivity contribution is 0.302. The van der Waals surface area contributed by atoms with Gasteiger partial charge in [0.15, 0.2) is 0 Å². The second-order valence-electron chi connectivity index (χ2n) is 9.23. The molecule has 0 aliphatic rings. The summed E-state index contributed by atoms with van der Waals surface area (Å²) in [6.07, 6.45) is 13.9. The van der Waals surface area contributed by atoms with Crippen molar-refractivity contribution < 1.29 is 0 Å². The maximum Gasteiger partial charge on any atom is 0.0351 e. The lowest BCUT2D eigenvalue weighted by atomic mass is 9.84. The van der Waals surface area contributed by atoms with Crippen molar-refractivity contribution in [1.82, 2.24) is 0 Å². The highest BCUT2D eigenvalue weighted by Crippen LogP contribution is 2.29. The van der Waals surface area contributed by atoms with E-state index in [0.717, 1.165) is 17.8 Å². The molecule has 0 nitrogen and oxygen atoms in total. The van der Waals surface area contributed by atoms with Crippen molar-refractivity contribution in [2.24, 2.45) is 23.7 Å². The highest BCUT2D eigenvalue weighted by molar-refractivity contribution is 7.19. The Bertz CT molecular complexity index is 723. The lowest BCUT2D eigenvalue weighted by Crippen LogP contribution is -2.10. The van der Waals surface area contributed by atoms with Gasteiger partial charge in [0.2, 0.25) is 0 Å². The minimum absolute atomic E-state index is 0.657. The van der Waals surface area contributed by atoms with Crippen LogP contribution in [0.3, 0.4) is 0 Å². The van der Waals surface area contributed by atoms with Crippen molar-refractivity contribution in [3.05, 3.63) is 40.8 Å². The van der Waals surface area contributed by atoms with Crippen LogP contribution in [0.5, 0.6) is 0 Å². The van der Waals surface area contributed by atoms with E-state index >= 15 is 0 Å². The van der Waals surface area contributed by atoms with Crippen LogP contribution in [0, 0.1) is 23.7 Å². The third-order valence-electron chi connectivity index (χ3n) is 6.59. The van der Waals surface area contributed by atoms with Crippen LogP contribution in [0.4, 0.5) is 0 Å². The molecular formula is C27H42S. The highest BCUT2D eigenvalue weighted by atomic mass is 32.1. The van der Waals surface area contributed by atoms with Gasteiger partial charge in [0.05, 0.1) is 0 Å². The Morgan fingerprint density at radius 2 is 1.61 bits per heavy atom. The normalized spacial score (nSPS) is 16.5. The summed E-state index contributed by atoms with van der Waals surface area (Å²) >= 11 is 1.93. The number of thiophene rings is 1. The molecule has 0 saturated heterocycles. The van der Waals surface area contributed by atoms with Gasteiger partial charge in [-0.2, -0.15) is 0 Å². The summed E-state index contributed by atoms with van der Waals surface area (Å²) in [4.78, 5) is 1.39. The third kappa shape index (κ3) is 7.39. The molecule has 0 spiro atoms. The molecule has 2 rings (SSSR count). The third-order valence-corrected chi connectivity index (χ3v) is 7.65. The first-order chi connectivity index (χ1) is 13.4. The summed E-state index contributed by atoms with van der Waals surface area (Å²) in [5.74, 6) is 3.23. The Hall–Kier alpha value is -1.08. The van der Waals surface area contributed by atoms with E-state index in [-0.39, 0.29) is 0 Å². The van der Waals surface area contributed by atoms with Crippen molar-refractivity contribution in [3.63, 3.8) is 0 Å². The van der Waals surface area contributed by atoms with Crippen molar-refractivity contribution in [3.8, 4) is 0 Å². The van der Waals surface area contributed by atoms with E-state index in [4.69, 9.17) is 0 Å². The highest BCUT2D eigenvalue weighted by Gasteiger charge is 2.14. The molecule has 1 aromatic carbocycles. The van der Waals surface area contributed by atoms with Crippen LogP contribution >= 0.6 is 11.3 Å². The van der Waals surface area contributed by atoms with E-state index in [2.05, 4.69) is 78.0 Å². The lowest BCUT2D eigenvalue weighted by Gasteiger charge is -2.22. The first-order valence-corrected chi connectivity index (χ1v) is 12.4. The Morgan fingerprint density at radius 3 is 2.29 bits per heavy atom. The summed E-state index contributed by atoms with van der Waals surface area (Å²) in [7, 11) is 0. The summed E-state index contributed by atoms with van der Waals surface area (Å²) in [5, 5.41) is 1.39. The molecule has 1 aromatic heterocycles. The molecule has 0 bridgehead atoms. The van der Waals surface area contributed by atoms with Crippen LogP contribution in [0.2, 0.25) is 0 Å². The van der Waals surface area contributed by atoms with Gasteiger partial charge in [0.1, 0.15) is 0 Å². The first-order valence-electron chi connectivity index (χ1n) is 11.6. The van der Waals surface area contributed by atoms with Crippen molar-refractivity contribution in [2.45, 2.75) is 86.5 Å². The zero-order chi connectivity index (χ0) is 20.5.